The van der Waals surface area contributed by atoms with Crippen molar-refractivity contribution in [1.82, 2.24) is 0 Å². The Morgan fingerprint density at radius 1 is 0.926 bits per heavy atom. The van der Waals surface area contributed by atoms with E-state index in [4.69, 9.17) is 4.84 Å². The first kappa shape index (κ1) is 20.9. The molecule has 0 heterocycles. The summed E-state index contributed by atoms with van der Waals surface area (Å²) >= 11 is 1.64. The van der Waals surface area contributed by atoms with Crippen LogP contribution in [0.2, 0.25) is 0 Å². The third-order valence-corrected chi connectivity index (χ3v) is 4.92. The first-order chi connectivity index (χ1) is 13.1. The molecule has 5 heteroatoms. The minimum Gasteiger partial charge on any atom is -0.318 e. The molecule has 0 amide bonds. The van der Waals surface area contributed by atoms with Crippen molar-refractivity contribution < 1.29 is 14.4 Å². The fourth-order valence-electron chi connectivity index (χ4n) is 2.50. The highest BCUT2D eigenvalue weighted by atomic mass is 32.2. The zero-order valence-electron chi connectivity index (χ0n) is 15.8. The van der Waals surface area contributed by atoms with Gasteiger partial charge in [-0.05, 0) is 49.2 Å². The number of nitrogens with zero attached hydrogens (tertiary/aromatic N) is 1. The monoisotopic (exact) mass is 383 g/mol. The molecule has 2 aromatic rings. The lowest BCUT2D eigenvalue weighted by Crippen LogP contribution is -2.16. The first-order valence-electron chi connectivity index (χ1n) is 9.22. The van der Waals surface area contributed by atoms with E-state index in [1.165, 1.54) is 6.92 Å². The standard InChI is InChI=1S/C22H25NO3S/c1-3-4-5-9-12-21(23-26-17(2)24)22(25)18-13-15-20(16-14-18)27-19-10-7-6-8-11-19/h6-8,10-11,13-16H,3-5,9,12H2,1-2H3. The number of unbranched alkanes of at least 4 members (excludes halogenated alkanes) is 3. The maximum Gasteiger partial charge on any atom is 0.331 e. The Morgan fingerprint density at radius 2 is 1.59 bits per heavy atom. The van der Waals surface area contributed by atoms with Gasteiger partial charge in [0.1, 0.15) is 5.71 Å². The van der Waals surface area contributed by atoms with Gasteiger partial charge in [0.15, 0.2) is 0 Å². The zero-order valence-corrected chi connectivity index (χ0v) is 16.6. The van der Waals surface area contributed by atoms with Crippen molar-refractivity contribution in [3.8, 4) is 0 Å². The lowest BCUT2D eigenvalue weighted by molar-refractivity contribution is -0.140. The van der Waals surface area contributed by atoms with Crippen LogP contribution in [0.5, 0.6) is 0 Å². The normalized spacial score (nSPS) is 11.3. The van der Waals surface area contributed by atoms with Gasteiger partial charge >= 0.3 is 5.97 Å². The van der Waals surface area contributed by atoms with Crippen LogP contribution in [0.25, 0.3) is 0 Å². The second-order valence-corrected chi connectivity index (χ2v) is 7.35. The molecule has 0 bridgehead atoms. The molecular formula is C22H25NO3S. The largest absolute Gasteiger partial charge is 0.331 e. The summed E-state index contributed by atoms with van der Waals surface area (Å²) in [7, 11) is 0. The summed E-state index contributed by atoms with van der Waals surface area (Å²) in [5.41, 5.74) is 0.846. The van der Waals surface area contributed by atoms with E-state index in [-0.39, 0.29) is 5.78 Å². The van der Waals surface area contributed by atoms with E-state index in [1.807, 2.05) is 42.5 Å². The number of carbonyl (C=O) groups is 2. The lowest BCUT2D eigenvalue weighted by atomic mass is 10.0. The average Bonchev–Trinajstić information content (AvgIpc) is 2.68. The fourth-order valence-corrected chi connectivity index (χ4v) is 3.34. The zero-order chi connectivity index (χ0) is 19.5. The molecule has 0 aliphatic heterocycles. The van der Waals surface area contributed by atoms with Crippen LogP contribution in [0, 0.1) is 0 Å². The molecule has 0 fully saturated rings. The van der Waals surface area contributed by atoms with E-state index in [1.54, 1.807) is 23.9 Å². The summed E-state index contributed by atoms with van der Waals surface area (Å²) in [6.07, 6.45) is 4.61. The van der Waals surface area contributed by atoms with Crippen LogP contribution in [0.4, 0.5) is 0 Å². The Labute approximate surface area is 165 Å². The molecule has 0 saturated heterocycles. The molecule has 0 atom stereocenters. The summed E-state index contributed by atoms with van der Waals surface area (Å²) in [4.78, 5) is 30.7. The van der Waals surface area contributed by atoms with Crippen LogP contribution in [-0.2, 0) is 9.63 Å². The van der Waals surface area contributed by atoms with Gasteiger partial charge in [-0.2, -0.15) is 0 Å². The van der Waals surface area contributed by atoms with Crippen molar-refractivity contribution in [2.45, 2.75) is 55.7 Å². The van der Waals surface area contributed by atoms with Crippen molar-refractivity contribution in [1.29, 1.82) is 0 Å². The fraction of sp³-hybridized carbons (Fsp3) is 0.318. The second kappa shape index (κ2) is 11.3. The van der Waals surface area contributed by atoms with Gasteiger partial charge in [0, 0.05) is 22.3 Å². The molecule has 0 spiro atoms. The number of rotatable bonds is 10. The molecule has 0 aliphatic carbocycles. The van der Waals surface area contributed by atoms with E-state index in [9.17, 15) is 9.59 Å². The van der Waals surface area contributed by atoms with Crippen LogP contribution in [0.15, 0.2) is 69.5 Å². The first-order valence-corrected chi connectivity index (χ1v) is 10.0. The number of ketones is 1. The van der Waals surface area contributed by atoms with Crippen LogP contribution < -0.4 is 0 Å². The summed E-state index contributed by atoms with van der Waals surface area (Å²) in [6, 6.07) is 17.5. The number of carbonyl (C=O) groups excluding carboxylic acids is 2. The molecule has 0 N–H and O–H groups in total. The number of oxime groups is 1. The maximum absolute atomic E-state index is 12.8. The third kappa shape index (κ3) is 7.39. The number of hydrogen-bond donors (Lipinski definition) is 0. The Morgan fingerprint density at radius 3 is 2.22 bits per heavy atom. The van der Waals surface area contributed by atoms with Crippen LogP contribution in [-0.4, -0.2) is 17.5 Å². The summed E-state index contributed by atoms with van der Waals surface area (Å²) in [5.74, 6) is -0.715. The minimum absolute atomic E-state index is 0.191. The van der Waals surface area contributed by atoms with Crippen molar-refractivity contribution in [2.75, 3.05) is 0 Å². The highest BCUT2D eigenvalue weighted by Crippen LogP contribution is 2.27. The van der Waals surface area contributed by atoms with Gasteiger partial charge in [0.2, 0.25) is 5.78 Å². The van der Waals surface area contributed by atoms with Gasteiger partial charge in [0.25, 0.3) is 0 Å². The molecule has 0 saturated carbocycles. The smallest absolute Gasteiger partial charge is 0.318 e. The molecule has 0 radical (unpaired) electrons. The molecule has 0 unspecified atom stereocenters. The van der Waals surface area contributed by atoms with E-state index in [0.29, 0.717) is 17.7 Å². The van der Waals surface area contributed by atoms with E-state index < -0.39 is 5.97 Å². The van der Waals surface area contributed by atoms with E-state index in [0.717, 1.165) is 35.5 Å². The van der Waals surface area contributed by atoms with Crippen LogP contribution in [0.1, 0.15) is 56.3 Å². The van der Waals surface area contributed by atoms with Crippen LogP contribution in [0.3, 0.4) is 0 Å². The van der Waals surface area contributed by atoms with Gasteiger partial charge in [0.05, 0.1) is 0 Å². The second-order valence-electron chi connectivity index (χ2n) is 6.20. The number of Topliss-reactive ketones (excluding diaryl/α,β-unsaturated/α-hetero) is 1. The van der Waals surface area contributed by atoms with E-state index in [2.05, 4.69) is 12.1 Å². The molecule has 0 aliphatic rings. The Kier molecular flexibility index (Phi) is 8.78. The van der Waals surface area contributed by atoms with Crippen molar-refractivity contribution in [2.24, 2.45) is 5.16 Å². The minimum atomic E-state index is -0.525. The van der Waals surface area contributed by atoms with Gasteiger partial charge in [-0.3, -0.25) is 4.79 Å². The Bertz CT molecular complexity index is 770. The van der Waals surface area contributed by atoms with Gasteiger partial charge in [-0.15, -0.1) is 0 Å². The highest BCUT2D eigenvalue weighted by Gasteiger charge is 2.15. The number of hydrogen-bond acceptors (Lipinski definition) is 5. The molecule has 2 aromatic carbocycles. The highest BCUT2D eigenvalue weighted by molar-refractivity contribution is 7.99. The third-order valence-electron chi connectivity index (χ3n) is 3.91. The molecule has 4 nitrogen and oxygen atoms in total. The van der Waals surface area contributed by atoms with Crippen molar-refractivity contribution in [3.05, 3.63) is 60.2 Å². The summed E-state index contributed by atoms with van der Waals surface area (Å²) < 4.78 is 0. The topological polar surface area (TPSA) is 55.7 Å². The van der Waals surface area contributed by atoms with E-state index >= 15 is 0 Å². The summed E-state index contributed by atoms with van der Waals surface area (Å²) in [5, 5.41) is 3.80. The van der Waals surface area contributed by atoms with Gasteiger partial charge < -0.3 is 4.84 Å². The van der Waals surface area contributed by atoms with Crippen molar-refractivity contribution >= 4 is 29.2 Å². The molecule has 0 aromatic heterocycles. The number of benzene rings is 2. The predicted molar refractivity (Wildman–Crippen MR) is 109 cm³/mol. The Hall–Kier alpha value is -2.40. The quantitative estimate of drug-likeness (QED) is 0.168. The average molecular weight is 384 g/mol. The van der Waals surface area contributed by atoms with Crippen LogP contribution >= 0.6 is 11.8 Å². The SMILES string of the molecule is CCCCCCC(=NOC(C)=O)C(=O)c1ccc(Sc2ccccc2)cc1. The van der Waals surface area contributed by atoms with Gasteiger partial charge in [-0.1, -0.05) is 61.3 Å². The molecule has 142 valence electrons. The van der Waals surface area contributed by atoms with Gasteiger partial charge in [-0.25, -0.2) is 4.79 Å². The molecule has 27 heavy (non-hydrogen) atoms. The molecule has 2 rings (SSSR count). The summed E-state index contributed by atoms with van der Waals surface area (Å²) in [6.45, 7) is 3.41. The van der Waals surface area contributed by atoms with Crippen molar-refractivity contribution in [3.63, 3.8) is 0 Å². The Balaban J connectivity index is 2.06. The predicted octanol–water partition coefficient (Wildman–Crippen LogP) is 5.91. The maximum atomic E-state index is 12.8. The molecular weight excluding hydrogens is 358 g/mol. The lowest BCUT2D eigenvalue weighted by Gasteiger charge is -2.07.